The van der Waals surface area contributed by atoms with Gasteiger partial charge in [0.2, 0.25) is 0 Å². The first-order valence-electron chi connectivity index (χ1n) is 5.81. The third-order valence-corrected chi connectivity index (χ3v) is 4.23. The van der Waals surface area contributed by atoms with Gasteiger partial charge in [-0.3, -0.25) is 0 Å². The minimum absolute atomic E-state index is 0.440. The largest absolute Gasteiger partial charge is 0.508 e. The fourth-order valence-electron chi connectivity index (χ4n) is 2.64. The molecule has 0 unspecified atom stereocenters. The lowest BCUT2D eigenvalue weighted by atomic mass is 9.74. The van der Waals surface area contributed by atoms with E-state index in [-0.39, 0.29) is 0 Å². The maximum Gasteiger partial charge on any atom is 0.119 e. The fraction of sp³-hybridized carbons (Fsp3) is 0.429. The molecular weight excluding hydrogens is 264 g/mol. The van der Waals surface area contributed by atoms with Crippen molar-refractivity contribution in [2.24, 2.45) is 5.92 Å². The van der Waals surface area contributed by atoms with Crippen LogP contribution < -0.4 is 0 Å². The lowest BCUT2D eigenvalue weighted by Gasteiger charge is -2.31. The molecule has 0 saturated heterocycles. The zero-order valence-electron chi connectivity index (χ0n) is 9.49. The topological polar surface area (TPSA) is 20.2 Å². The number of allylic oxidation sites excluding steroid dienone is 1. The number of benzene rings is 1. The second kappa shape index (κ2) is 5.05. The molecular formula is C14H17BrO. The van der Waals surface area contributed by atoms with E-state index in [1.165, 1.54) is 24.8 Å². The van der Waals surface area contributed by atoms with Gasteiger partial charge in [0.25, 0.3) is 0 Å². The van der Waals surface area contributed by atoms with E-state index in [0.29, 0.717) is 17.6 Å². The average Bonchev–Trinajstić information content (AvgIpc) is 2.31. The van der Waals surface area contributed by atoms with Gasteiger partial charge < -0.3 is 5.11 Å². The molecule has 2 rings (SSSR count). The molecule has 1 aliphatic rings. The van der Waals surface area contributed by atoms with Crippen LogP contribution in [0.2, 0.25) is 0 Å². The third kappa shape index (κ3) is 2.17. The van der Waals surface area contributed by atoms with Gasteiger partial charge in [0.15, 0.2) is 0 Å². The smallest absolute Gasteiger partial charge is 0.119 e. The van der Waals surface area contributed by atoms with Gasteiger partial charge in [-0.05, 0) is 47.7 Å². The Labute approximate surface area is 105 Å². The lowest BCUT2D eigenvalue weighted by molar-refractivity contribution is 0.392. The molecule has 1 saturated carbocycles. The Bertz CT molecular complexity index is 397. The Hall–Kier alpha value is -0.760. The molecule has 2 atom stereocenters. The van der Waals surface area contributed by atoms with E-state index in [4.69, 9.17) is 0 Å². The number of phenolic OH excluding ortho intramolecular Hbond substituents is 1. The summed E-state index contributed by atoms with van der Waals surface area (Å²) in [6.45, 7) is 2.25. The summed E-state index contributed by atoms with van der Waals surface area (Å²) >= 11 is 3.45. The summed E-state index contributed by atoms with van der Waals surface area (Å²) in [5.74, 6) is 1.41. The van der Waals surface area contributed by atoms with E-state index in [0.717, 1.165) is 5.56 Å². The van der Waals surface area contributed by atoms with Crippen LogP contribution >= 0.6 is 15.9 Å². The number of halogens is 1. The molecule has 0 aliphatic heterocycles. The minimum atomic E-state index is 0.440. The highest BCUT2D eigenvalue weighted by Gasteiger charge is 2.27. The van der Waals surface area contributed by atoms with Crippen LogP contribution in [0.25, 0.3) is 0 Å². The lowest BCUT2D eigenvalue weighted by Crippen LogP contribution is -2.17. The molecule has 2 heteroatoms. The SMILES string of the molecule is C[C@H]1/C(=C/Br)CCC[C@@H]1c1ccccc1O. The van der Waals surface area contributed by atoms with Crippen LogP contribution in [0.5, 0.6) is 5.75 Å². The minimum Gasteiger partial charge on any atom is -0.508 e. The average molecular weight is 281 g/mol. The predicted octanol–water partition coefficient (Wildman–Crippen LogP) is 4.57. The van der Waals surface area contributed by atoms with Crippen LogP contribution in [0.1, 0.15) is 37.7 Å². The first-order valence-corrected chi connectivity index (χ1v) is 6.72. The fourth-order valence-corrected chi connectivity index (χ4v) is 3.29. The quantitative estimate of drug-likeness (QED) is 0.799. The summed E-state index contributed by atoms with van der Waals surface area (Å²) in [6, 6.07) is 7.73. The molecule has 0 heterocycles. The Balaban J connectivity index is 2.30. The molecule has 0 amide bonds. The molecule has 0 radical (unpaired) electrons. The number of rotatable bonds is 1. The first kappa shape index (κ1) is 11.7. The van der Waals surface area contributed by atoms with Crippen molar-refractivity contribution in [2.45, 2.75) is 32.1 Å². The van der Waals surface area contributed by atoms with Gasteiger partial charge in [-0.25, -0.2) is 0 Å². The van der Waals surface area contributed by atoms with E-state index >= 15 is 0 Å². The zero-order chi connectivity index (χ0) is 11.5. The maximum atomic E-state index is 9.91. The highest BCUT2D eigenvalue weighted by molar-refractivity contribution is 9.11. The van der Waals surface area contributed by atoms with Crippen LogP contribution in [0, 0.1) is 5.92 Å². The summed E-state index contributed by atoms with van der Waals surface area (Å²) in [5, 5.41) is 9.91. The van der Waals surface area contributed by atoms with Gasteiger partial charge in [-0.1, -0.05) is 46.6 Å². The van der Waals surface area contributed by atoms with Gasteiger partial charge in [-0.15, -0.1) is 0 Å². The summed E-state index contributed by atoms with van der Waals surface area (Å²) in [7, 11) is 0. The molecule has 1 fully saturated rings. The molecule has 1 aromatic carbocycles. The molecule has 0 aromatic heterocycles. The number of phenols is 1. The van der Waals surface area contributed by atoms with Gasteiger partial charge in [0.1, 0.15) is 5.75 Å². The van der Waals surface area contributed by atoms with Gasteiger partial charge in [0.05, 0.1) is 0 Å². The van der Waals surface area contributed by atoms with Crippen molar-refractivity contribution in [2.75, 3.05) is 0 Å². The van der Waals surface area contributed by atoms with Crippen molar-refractivity contribution in [3.63, 3.8) is 0 Å². The summed E-state index contributed by atoms with van der Waals surface area (Å²) < 4.78 is 0. The monoisotopic (exact) mass is 280 g/mol. The standard InChI is InChI=1S/C14H17BrO/c1-10-11(9-15)5-4-7-12(10)13-6-2-3-8-14(13)16/h2-3,6,8-10,12,16H,4-5,7H2,1H3/b11-9+/t10-,12-/m0/s1. The van der Waals surface area contributed by atoms with Crippen molar-refractivity contribution >= 4 is 15.9 Å². The highest BCUT2D eigenvalue weighted by atomic mass is 79.9. The number of para-hydroxylation sites is 1. The zero-order valence-corrected chi connectivity index (χ0v) is 11.1. The molecule has 0 bridgehead atoms. The second-order valence-electron chi connectivity index (χ2n) is 4.53. The Morgan fingerprint density at radius 3 is 2.81 bits per heavy atom. The maximum absolute atomic E-state index is 9.91. The molecule has 1 aromatic rings. The molecule has 1 N–H and O–H groups in total. The van der Waals surface area contributed by atoms with E-state index in [1.54, 1.807) is 6.07 Å². The van der Waals surface area contributed by atoms with Gasteiger partial charge >= 0.3 is 0 Å². The normalized spacial score (nSPS) is 28.2. The Morgan fingerprint density at radius 1 is 1.38 bits per heavy atom. The second-order valence-corrected chi connectivity index (χ2v) is 4.99. The van der Waals surface area contributed by atoms with Crippen molar-refractivity contribution in [1.29, 1.82) is 0 Å². The van der Waals surface area contributed by atoms with E-state index < -0.39 is 0 Å². The summed E-state index contributed by atoms with van der Waals surface area (Å²) in [5.41, 5.74) is 2.56. The number of hydrogen-bond acceptors (Lipinski definition) is 1. The molecule has 16 heavy (non-hydrogen) atoms. The molecule has 1 nitrogen and oxygen atoms in total. The van der Waals surface area contributed by atoms with Crippen molar-refractivity contribution in [3.8, 4) is 5.75 Å². The van der Waals surface area contributed by atoms with E-state index in [2.05, 4.69) is 27.8 Å². The van der Waals surface area contributed by atoms with Crippen LogP contribution in [-0.4, -0.2) is 5.11 Å². The summed E-state index contributed by atoms with van der Waals surface area (Å²) in [6.07, 6.45) is 3.56. The van der Waals surface area contributed by atoms with Crippen LogP contribution in [0.4, 0.5) is 0 Å². The Kier molecular flexibility index (Phi) is 3.70. The molecule has 1 aliphatic carbocycles. The number of hydrogen-bond donors (Lipinski definition) is 1. The number of aromatic hydroxyl groups is 1. The van der Waals surface area contributed by atoms with Gasteiger partial charge in [-0.2, -0.15) is 0 Å². The van der Waals surface area contributed by atoms with E-state index in [1.807, 2.05) is 18.2 Å². The molecule has 86 valence electrons. The first-order chi connectivity index (χ1) is 7.74. The van der Waals surface area contributed by atoms with Crippen molar-refractivity contribution < 1.29 is 5.11 Å². The Morgan fingerprint density at radius 2 is 2.12 bits per heavy atom. The summed E-state index contributed by atoms with van der Waals surface area (Å²) in [4.78, 5) is 2.06. The van der Waals surface area contributed by atoms with Crippen LogP contribution in [0.3, 0.4) is 0 Å². The third-order valence-electron chi connectivity index (χ3n) is 3.65. The van der Waals surface area contributed by atoms with Crippen molar-refractivity contribution in [1.82, 2.24) is 0 Å². The van der Waals surface area contributed by atoms with Crippen LogP contribution in [0.15, 0.2) is 34.8 Å². The van der Waals surface area contributed by atoms with Crippen LogP contribution in [-0.2, 0) is 0 Å². The van der Waals surface area contributed by atoms with E-state index in [9.17, 15) is 5.11 Å². The van der Waals surface area contributed by atoms with Gasteiger partial charge in [0, 0.05) is 0 Å². The predicted molar refractivity (Wildman–Crippen MR) is 70.9 cm³/mol. The highest BCUT2D eigenvalue weighted by Crippen LogP contribution is 2.43. The van der Waals surface area contributed by atoms with Crippen molar-refractivity contribution in [3.05, 3.63) is 40.4 Å². The molecule has 0 spiro atoms.